The molecule has 0 radical (unpaired) electrons. The standard InChI is InChI=1S/C18H19FN2O4S/c1-13-4-2-3-5-17(13)26(23,24)20-10-16-11-21(18(22)12-25-16)15-8-6-14(19)7-9-15/h2-9,16,20H,10-12H2,1H3. The Balaban J connectivity index is 1.68. The van der Waals surface area contributed by atoms with Crippen LogP contribution in [0.4, 0.5) is 10.1 Å². The van der Waals surface area contributed by atoms with Gasteiger partial charge in [0.15, 0.2) is 0 Å². The number of carbonyl (C=O) groups excluding carboxylic acids is 1. The number of aryl methyl sites for hydroxylation is 1. The van der Waals surface area contributed by atoms with Gasteiger partial charge < -0.3 is 9.64 Å². The zero-order valence-corrected chi connectivity index (χ0v) is 15.0. The van der Waals surface area contributed by atoms with Crippen LogP contribution in [0.5, 0.6) is 0 Å². The predicted molar refractivity (Wildman–Crippen MR) is 94.9 cm³/mol. The summed E-state index contributed by atoms with van der Waals surface area (Å²) in [5.41, 5.74) is 1.19. The van der Waals surface area contributed by atoms with E-state index in [-0.39, 0.29) is 30.5 Å². The number of hydrogen-bond donors (Lipinski definition) is 1. The van der Waals surface area contributed by atoms with E-state index < -0.39 is 21.9 Å². The average molecular weight is 378 g/mol. The number of nitrogens with zero attached hydrogens (tertiary/aromatic N) is 1. The topological polar surface area (TPSA) is 75.7 Å². The number of amides is 1. The summed E-state index contributed by atoms with van der Waals surface area (Å²) in [4.78, 5) is 13.7. The number of rotatable bonds is 5. The molecular weight excluding hydrogens is 359 g/mol. The summed E-state index contributed by atoms with van der Waals surface area (Å²) in [5, 5.41) is 0. The molecule has 0 saturated carbocycles. The van der Waals surface area contributed by atoms with Crippen LogP contribution in [0.1, 0.15) is 5.56 Å². The Labute approximate surface area is 151 Å². The highest BCUT2D eigenvalue weighted by Gasteiger charge is 2.29. The van der Waals surface area contributed by atoms with E-state index in [1.165, 1.54) is 35.2 Å². The van der Waals surface area contributed by atoms with Crippen molar-refractivity contribution in [1.82, 2.24) is 4.72 Å². The van der Waals surface area contributed by atoms with E-state index in [2.05, 4.69) is 4.72 Å². The highest BCUT2D eigenvalue weighted by Crippen LogP contribution is 2.19. The number of ether oxygens (including phenoxy) is 1. The van der Waals surface area contributed by atoms with Crippen molar-refractivity contribution in [3.05, 3.63) is 59.9 Å². The molecule has 1 saturated heterocycles. The van der Waals surface area contributed by atoms with E-state index in [1.807, 2.05) is 0 Å². The van der Waals surface area contributed by atoms with Crippen LogP contribution in [0.15, 0.2) is 53.4 Å². The van der Waals surface area contributed by atoms with Crippen molar-refractivity contribution in [1.29, 1.82) is 0 Å². The van der Waals surface area contributed by atoms with Gasteiger partial charge in [0, 0.05) is 12.2 Å². The van der Waals surface area contributed by atoms with Crippen LogP contribution in [0.25, 0.3) is 0 Å². The minimum absolute atomic E-state index is 0.0294. The lowest BCUT2D eigenvalue weighted by atomic mass is 10.2. The Bertz CT molecular complexity index is 900. The second-order valence-electron chi connectivity index (χ2n) is 6.03. The van der Waals surface area contributed by atoms with Crippen molar-refractivity contribution in [3.8, 4) is 0 Å². The van der Waals surface area contributed by atoms with Gasteiger partial charge in [0.25, 0.3) is 5.91 Å². The average Bonchev–Trinajstić information content (AvgIpc) is 2.62. The molecule has 1 aliphatic heterocycles. The summed E-state index contributed by atoms with van der Waals surface area (Å²) >= 11 is 0. The summed E-state index contributed by atoms with van der Waals surface area (Å²) in [7, 11) is -3.67. The number of halogens is 1. The molecule has 1 atom stereocenters. The van der Waals surface area contributed by atoms with Gasteiger partial charge in [-0.3, -0.25) is 4.79 Å². The fourth-order valence-electron chi connectivity index (χ4n) is 2.76. The first-order chi connectivity index (χ1) is 12.4. The monoisotopic (exact) mass is 378 g/mol. The van der Waals surface area contributed by atoms with Crippen LogP contribution < -0.4 is 9.62 Å². The van der Waals surface area contributed by atoms with Crippen LogP contribution in [-0.4, -0.2) is 40.1 Å². The van der Waals surface area contributed by atoms with Crippen LogP contribution in [0.3, 0.4) is 0 Å². The van der Waals surface area contributed by atoms with Crippen molar-refractivity contribution >= 4 is 21.6 Å². The van der Waals surface area contributed by atoms with Crippen LogP contribution >= 0.6 is 0 Å². The molecule has 1 fully saturated rings. The fourth-order valence-corrected chi connectivity index (χ4v) is 4.07. The molecule has 0 bridgehead atoms. The summed E-state index contributed by atoms with van der Waals surface area (Å²) in [6.07, 6.45) is -0.503. The van der Waals surface area contributed by atoms with E-state index in [4.69, 9.17) is 4.74 Å². The van der Waals surface area contributed by atoms with Crippen molar-refractivity contribution < 1.29 is 22.3 Å². The van der Waals surface area contributed by atoms with E-state index in [0.717, 1.165) is 0 Å². The van der Waals surface area contributed by atoms with Crippen molar-refractivity contribution in [2.75, 3.05) is 24.6 Å². The van der Waals surface area contributed by atoms with Crippen molar-refractivity contribution in [3.63, 3.8) is 0 Å². The number of sulfonamides is 1. The normalized spacial score (nSPS) is 18.2. The minimum atomic E-state index is -3.67. The maximum atomic E-state index is 13.1. The van der Waals surface area contributed by atoms with Gasteiger partial charge in [-0.25, -0.2) is 17.5 Å². The zero-order valence-electron chi connectivity index (χ0n) is 14.2. The van der Waals surface area contributed by atoms with E-state index in [1.54, 1.807) is 25.1 Å². The Kier molecular flexibility index (Phi) is 5.36. The van der Waals surface area contributed by atoms with Gasteiger partial charge in [0.1, 0.15) is 12.4 Å². The van der Waals surface area contributed by atoms with Crippen LogP contribution in [0, 0.1) is 12.7 Å². The first kappa shape index (κ1) is 18.5. The number of morpholine rings is 1. The molecule has 0 aliphatic carbocycles. The Morgan fingerprint density at radius 2 is 1.88 bits per heavy atom. The first-order valence-electron chi connectivity index (χ1n) is 8.09. The molecule has 1 heterocycles. The largest absolute Gasteiger partial charge is 0.365 e. The highest BCUT2D eigenvalue weighted by molar-refractivity contribution is 7.89. The SMILES string of the molecule is Cc1ccccc1S(=O)(=O)NCC1CN(c2ccc(F)cc2)C(=O)CO1. The molecule has 1 aliphatic rings. The maximum Gasteiger partial charge on any atom is 0.253 e. The van der Waals surface area contributed by atoms with Crippen LogP contribution in [0.2, 0.25) is 0 Å². The number of hydrogen-bond acceptors (Lipinski definition) is 4. The van der Waals surface area contributed by atoms with Gasteiger partial charge >= 0.3 is 0 Å². The van der Waals surface area contributed by atoms with Crippen molar-refractivity contribution in [2.45, 2.75) is 17.9 Å². The summed E-state index contributed by atoms with van der Waals surface area (Å²) in [5.74, 6) is -0.647. The highest BCUT2D eigenvalue weighted by atomic mass is 32.2. The van der Waals surface area contributed by atoms with E-state index in [9.17, 15) is 17.6 Å². The molecule has 3 rings (SSSR count). The van der Waals surface area contributed by atoms with Crippen LogP contribution in [-0.2, 0) is 19.6 Å². The summed E-state index contributed by atoms with van der Waals surface area (Å²) < 4.78 is 46.0. The molecule has 2 aromatic rings. The molecule has 1 N–H and O–H groups in total. The number of nitrogens with one attached hydrogen (secondary N) is 1. The van der Waals surface area contributed by atoms with Gasteiger partial charge in [-0.15, -0.1) is 0 Å². The van der Waals surface area contributed by atoms with E-state index in [0.29, 0.717) is 11.3 Å². The molecular formula is C18H19FN2O4S. The molecule has 6 nitrogen and oxygen atoms in total. The lowest BCUT2D eigenvalue weighted by Crippen LogP contribution is -2.50. The van der Waals surface area contributed by atoms with Gasteiger partial charge in [0.2, 0.25) is 10.0 Å². The molecule has 0 spiro atoms. The molecule has 138 valence electrons. The first-order valence-corrected chi connectivity index (χ1v) is 9.58. The Hall–Kier alpha value is -2.29. The van der Waals surface area contributed by atoms with Gasteiger partial charge in [-0.2, -0.15) is 0 Å². The van der Waals surface area contributed by atoms with E-state index >= 15 is 0 Å². The van der Waals surface area contributed by atoms with Gasteiger partial charge in [0.05, 0.1) is 17.5 Å². The minimum Gasteiger partial charge on any atom is -0.365 e. The lowest BCUT2D eigenvalue weighted by Gasteiger charge is -2.32. The molecule has 1 unspecified atom stereocenters. The second kappa shape index (κ2) is 7.53. The second-order valence-corrected chi connectivity index (χ2v) is 7.77. The number of anilines is 1. The summed E-state index contributed by atoms with van der Waals surface area (Å²) in [6.45, 7) is 1.77. The maximum absolute atomic E-state index is 13.1. The molecule has 2 aromatic carbocycles. The summed E-state index contributed by atoms with van der Waals surface area (Å²) in [6, 6.07) is 12.2. The lowest BCUT2D eigenvalue weighted by molar-refractivity contribution is -0.129. The zero-order chi connectivity index (χ0) is 18.7. The third-order valence-electron chi connectivity index (χ3n) is 4.15. The molecule has 0 aromatic heterocycles. The van der Waals surface area contributed by atoms with Gasteiger partial charge in [-0.1, -0.05) is 18.2 Å². The Morgan fingerprint density at radius 1 is 1.19 bits per heavy atom. The molecule has 8 heteroatoms. The quantitative estimate of drug-likeness (QED) is 0.862. The van der Waals surface area contributed by atoms with Gasteiger partial charge in [-0.05, 0) is 42.8 Å². The Morgan fingerprint density at radius 3 is 2.58 bits per heavy atom. The molecule has 26 heavy (non-hydrogen) atoms. The molecule has 1 amide bonds. The fraction of sp³-hybridized carbons (Fsp3) is 0.278. The third kappa shape index (κ3) is 4.09. The van der Waals surface area contributed by atoms with Crippen molar-refractivity contribution in [2.24, 2.45) is 0 Å². The predicted octanol–water partition coefficient (Wildman–Crippen LogP) is 1.84. The number of benzene rings is 2. The smallest absolute Gasteiger partial charge is 0.253 e. The number of carbonyl (C=O) groups is 1. The third-order valence-corrected chi connectivity index (χ3v) is 5.74.